The van der Waals surface area contributed by atoms with Crippen molar-refractivity contribution in [2.75, 3.05) is 36.7 Å². The van der Waals surface area contributed by atoms with Crippen molar-refractivity contribution in [3.63, 3.8) is 0 Å². The van der Waals surface area contributed by atoms with E-state index in [1.807, 2.05) is 35.3 Å². The number of hydrazine groups is 2. The molecule has 2 aromatic heterocycles. The van der Waals surface area contributed by atoms with E-state index in [1.165, 1.54) is 24.3 Å². The monoisotopic (exact) mass is 1050 g/mol. The van der Waals surface area contributed by atoms with E-state index in [0.29, 0.717) is 66.2 Å². The number of nitrogens with zero attached hydrogens (tertiary/aromatic N) is 6. The molecule has 20 heteroatoms. The van der Waals surface area contributed by atoms with Crippen LogP contribution in [0.5, 0.6) is 0 Å². The summed E-state index contributed by atoms with van der Waals surface area (Å²) in [5.74, 6) is -2.86. The topological polar surface area (TPSA) is 169 Å². The van der Waals surface area contributed by atoms with Crippen LogP contribution in [-0.2, 0) is 31.2 Å². The van der Waals surface area contributed by atoms with Crippen LogP contribution in [0.2, 0.25) is 10.0 Å². The quantitative estimate of drug-likeness (QED) is 0.133. The van der Waals surface area contributed by atoms with Gasteiger partial charge in [-0.05, 0) is 132 Å². The Morgan fingerprint density at radius 1 is 0.583 bits per heavy atom. The van der Waals surface area contributed by atoms with E-state index in [4.69, 9.17) is 23.2 Å². The standard InChI is InChI=1S/C27H22ClFN4O3S.C25H24ClFN4O3S/c1-32(22-5-3-2-4-6-22)31-27(34)25-24-17-37(35,36)16-19(15-18-7-11-21(29)12-8-18)26(24)33(30-25)23-13-9-20(28)10-14-23;26-19-6-10-21(11-7-19)31-24-18(14-17-4-8-20(27)9-5-17)15-35(33,34)16-22(24)23(28-31)25(32)29-30-12-2-1-3-13-30/h2-15H,16-17H2,1H3,(H,31,34);4-11,14H,1-3,12-13,15-16H2,(H,29,32)/b19-15+;18-14+. The second-order valence-corrected chi connectivity index (χ2v) is 22.5. The molecule has 14 nitrogen and oxygen atoms in total. The van der Waals surface area contributed by atoms with Gasteiger partial charge < -0.3 is 0 Å². The molecule has 3 aliphatic rings. The number of halogens is 4. The summed E-state index contributed by atoms with van der Waals surface area (Å²) in [6, 6.07) is 34.6. The van der Waals surface area contributed by atoms with Gasteiger partial charge in [0.2, 0.25) is 0 Å². The van der Waals surface area contributed by atoms with Crippen molar-refractivity contribution >= 4 is 83.7 Å². The number of carbonyl (C=O) groups is 2. The lowest BCUT2D eigenvalue weighted by Gasteiger charge is -2.26. The Morgan fingerprint density at radius 3 is 1.46 bits per heavy atom. The smallest absolute Gasteiger partial charge is 0.288 e. The predicted octanol–water partition coefficient (Wildman–Crippen LogP) is 9.18. The highest BCUT2D eigenvalue weighted by Crippen LogP contribution is 2.37. The molecule has 0 radical (unpaired) electrons. The summed E-state index contributed by atoms with van der Waals surface area (Å²) in [5.41, 5.74) is 11.7. The van der Waals surface area contributed by atoms with E-state index in [9.17, 15) is 35.2 Å². The lowest BCUT2D eigenvalue weighted by atomic mass is 10.0. The molecule has 7 aromatic rings. The maximum Gasteiger partial charge on any atom is 0.290 e. The predicted molar refractivity (Wildman–Crippen MR) is 276 cm³/mol. The zero-order valence-electron chi connectivity index (χ0n) is 38.6. The molecule has 72 heavy (non-hydrogen) atoms. The van der Waals surface area contributed by atoms with E-state index in [2.05, 4.69) is 21.0 Å². The Hall–Kier alpha value is -6.96. The minimum atomic E-state index is -3.60. The number of hydrogen-bond acceptors (Lipinski definition) is 10. The minimum absolute atomic E-state index is 0.000937. The van der Waals surface area contributed by atoms with Gasteiger partial charge in [0.15, 0.2) is 31.1 Å². The number of piperidine rings is 1. The maximum absolute atomic E-state index is 13.5. The fraction of sp³-hybridized carbons (Fsp3) is 0.192. The van der Waals surface area contributed by atoms with Gasteiger partial charge in [-0.15, -0.1) is 0 Å². The molecule has 0 aliphatic carbocycles. The maximum atomic E-state index is 13.5. The van der Waals surface area contributed by atoms with Gasteiger partial charge in [-0.3, -0.25) is 25.4 Å². The van der Waals surface area contributed by atoms with Crippen molar-refractivity contribution in [3.8, 4) is 11.4 Å². The van der Waals surface area contributed by atoms with Crippen LogP contribution in [-0.4, -0.2) is 84.9 Å². The molecule has 10 rings (SSSR count). The van der Waals surface area contributed by atoms with Crippen LogP contribution < -0.4 is 15.9 Å². The van der Waals surface area contributed by atoms with Crippen molar-refractivity contribution in [3.05, 3.63) is 194 Å². The zero-order valence-corrected chi connectivity index (χ0v) is 41.7. The number of rotatable bonds is 9. The van der Waals surface area contributed by atoms with Crippen LogP contribution in [0.15, 0.2) is 127 Å². The molecule has 0 bridgehead atoms. The van der Waals surface area contributed by atoms with Gasteiger partial charge in [-0.25, -0.2) is 40.0 Å². The Labute approximate surface area is 425 Å². The van der Waals surface area contributed by atoms with Crippen LogP contribution in [0.1, 0.15) is 73.9 Å². The fourth-order valence-corrected chi connectivity index (χ4v) is 12.0. The third kappa shape index (κ3) is 11.5. The van der Waals surface area contributed by atoms with E-state index in [-0.39, 0.29) is 40.2 Å². The number of sulfone groups is 2. The molecule has 5 aromatic carbocycles. The first-order chi connectivity index (χ1) is 34.5. The number of fused-ring (bicyclic) bond motifs is 2. The van der Waals surface area contributed by atoms with Crippen molar-refractivity contribution < 1.29 is 35.2 Å². The highest BCUT2D eigenvalue weighted by atomic mass is 35.5. The zero-order chi connectivity index (χ0) is 50.7. The molecule has 5 heterocycles. The molecule has 3 aliphatic heterocycles. The lowest BCUT2D eigenvalue weighted by molar-refractivity contribution is 0.0743. The highest BCUT2D eigenvalue weighted by molar-refractivity contribution is 7.91. The second kappa shape index (κ2) is 21.0. The van der Waals surface area contributed by atoms with Gasteiger partial charge in [-0.2, -0.15) is 10.2 Å². The summed E-state index contributed by atoms with van der Waals surface area (Å²) in [5, 5.41) is 13.6. The van der Waals surface area contributed by atoms with Crippen LogP contribution in [0.25, 0.3) is 34.7 Å². The van der Waals surface area contributed by atoms with E-state index in [0.717, 1.165) is 38.0 Å². The molecular weight excluding hydrogens is 1010 g/mol. The van der Waals surface area contributed by atoms with Crippen LogP contribution in [0, 0.1) is 11.6 Å². The number of nitrogens with one attached hydrogen (secondary N) is 2. The molecule has 2 N–H and O–H groups in total. The van der Waals surface area contributed by atoms with Gasteiger partial charge in [0, 0.05) is 41.3 Å². The first kappa shape index (κ1) is 50.0. The summed E-state index contributed by atoms with van der Waals surface area (Å²) in [7, 11) is -5.46. The number of carbonyl (C=O) groups excluding carboxylic acids is 2. The summed E-state index contributed by atoms with van der Waals surface area (Å²) >= 11 is 12.2. The Kier molecular flexibility index (Phi) is 14.6. The van der Waals surface area contributed by atoms with Gasteiger partial charge in [0.05, 0.1) is 51.5 Å². The third-order valence-electron chi connectivity index (χ3n) is 12.1. The van der Waals surface area contributed by atoms with E-state index >= 15 is 0 Å². The van der Waals surface area contributed by atoms with Crippen molar-refractivity contribution in [1.82, 2.24) is 35.4 Å². The van der Waals surface area contributed by atoms with Gasteiger partial charge in [-0.1, -0.05) is 72.1 Å². The second-order valence-electron chi connectivity index (χ2n) is 17.5. The molecule has 0 saturated carbocycles. The van der Waals surface area contributed by atoms with Crippen molar-refractivity contribution in [2.45, 2.75) is 30.8 Å². The highest BCUT2D eigenvalue weighted by Gasteiger charge is 2.37. The first-order valence-corrected chi connectivity index (χ1v) is 27.1. The summed E-state index contributed by atoms with van der Waals surface area (Å²) in [6.45, 7) is 1.47. The Bertz CT molecular complexity index is 3450. The molecular formula is C52H46Cl2F2N8O6S2. The molecule has 0 spiro atoms. The Morgan fingerprint density at radius 2 is 1.01 bits per heavy atom. The minimum Gasteiger partial charge on any atom is -0.288 e. The molecule has 1 saturated heterocycles. The number of hydrogen-bond donors (Lipinski definition) is 2. The summed E-state index contributed by atoms with van der Waals surface area (Å²) in [6.07, 6.45) is 6.46. The van der Waals surface area contributed by atoms with Gasteiger partial charge >= 0.3 is 0 Å². The van der Waals surface area contributed by atoms with E-state index in [1.54, 1.807) is 106 Å². The first-order valence-electron chi connectivity index (χ1n) is 22.7. The molecule has 0 atom stereocenters. The van der Waals surface area contributed by atoms with Gasteiger partial charge in [0.25, 0.3) is 11.8 Å². The average molecular weight is 1050 g/mol. The number of amides is 2. The van der Waals surface area contributed by atoms with Gasteiger partial charge in [0.1, 0.15) is 11.6 Å². The van der Waals surface area contributed by atoms with Crippen molar-refractivity contribution in [2.24, 2.45) is 0 Å². The molecule has 370 valence electrons. The average Bonchev–Trinajstić information content (AvgIpc) is 3.93. The van der Waals surface area contributed by atoms with Crippen LogP contribution in [0.4, 0.5) is 14.5 Å². The number of anilines is 1. The fourth-order valence-electron chi connectivity index (χ4n) is 8.75. The third-order valence-corrected chi connectivity index (χ3v) is 15.5. The largest absolute Gasteiger partial charge is 0.290 e. The number of benzene rings is 5. The van der Waals surface area contributed by atoms with Crippen molar-refractivity contribution in [1.29, 1.82) is 0 Å². The summed E-state index contributed by atoms with van der Waals surface area (Å²) < 4.78 is 81.9. The lowest BCUT2D eigenvalue weighted by Crippen LogP contribution is -2.45. The molecule has 2 amide bonds. The van der Waals surface area contributed by atoms with Crippen LogP contribution >= 0.6 is 23.2 Å². The molecule has 0 unspecified atom stereocenters. The molecule has 1 fully saturated rings. The Balaban J connectivity index is 0.000000178. The van der Waals surface area contributed by atoms with Crippen LogP contribution in [0.3, 0.4) is 0 Å². The SMILES string of the molecule is CN(NC(=O)c1nn(-c2ccc(Cl)cc2)c2c1CS(=O)(=O)C/C2=C\c1ccc(F)cc1)c1ccccc1.O=C(NN1CCCCC1)c1nn(-c2ccc(Cl)cc2)c2c1CS(=O)(=O)C/C2=C\c1ccc(F)cc1. The van der Waals surface area contributed by atoms with E-state index < -0.39 is 37.3 Å². The number of para-hydroxylation sites is 1. The summed E-state index contributed by atoms with van der Waals surface area (Å²) in [4.78, 5) is 26.7. The number of aromatic nitrogens is 4. The normalized spacial score (nSPS) is 17.0.